The Morgan fingerprint density at radius 2 is 2.11 bits per heavy atom. The maximum absolute atomic E-state index is 13.8. The van der Waals surface area contributed by atoms with Gasteiger partial charge >= 0.3 is 0 Å². The van der Waals surface area contributed by atoms with Gasteiger partial charge in [-0.15, -0.1) is 0 Å². The Balaban J connectivity index is 0.000000417. The molecule has 2 N–H and O–H groups in total. The summed E-state index contributed by atoms with van der Waals surface area (Å²) in [6, 6.07) is 4.78. The highest BCUT2D eigenvalue weighted by Gasteiger charge is 2.39. The number of aryl methyl sites for hydroxylation is 2. The molecule has 0 spiro atoms. The summed E-state index contributed by atoms with van der Waals surface area (Å²) in [6.07, 6.45) is 6.31. The fraction of sp³-hybridized carbons (Fsp3) is 0.538. The number of carbonyl (C=O) groups excluding carboxylic acids is 2. The number of carbonyl (C=O) groups is 2. The second-order valence-electron chi connectivity index (χ2n) is 9.71. The molecule has 1 saturated heterocycles. The van der Waals surface area contributed by atoms with Gasteiger partial charge in [0.05, 0.1) is 29.2 Å². The number of rotatable bonds is 5. The lowest BCUT2D eigenvalue weighted by Crippen LogP contribution is -2.38. The van der Waals surface area contributed by atoms with Crippen LogP contribution in [0.1, 0.15) is 85.4 Å². The average molecular weight is 527 g/mol. The summed E-state index contributed by atoms with van der Waals surface area (Å²) in [7, 11) is 0. The van der Waals surface area contributed by atoms with Gasteiger partial charge in [0.1, 0.15) is 11.8 Å². The monoisotopic (exact) mass is 526 g/mol. The van der Waals surface area contributed by atoms with Crippen LogP contribution in [-0.4, -0.2) is 48.7 Å². The first-order chi connectivity index (χ1) is 18.2. The van der Waals surface area contributed by atoms with Gasteiger partial charge < -0.3 is 10.6 Å². The minimum Gasteiger partial charge on any atom is -0.356 e. The van der Waals surface area contributed by atoms with E-state index in [0.717, 1.165) is 25.8 Å². The van der Waals surface area contributed by atoms with Crippen LogP contribution >= 0.6 is 0 Å². The molecule has 2 aliphatic rings. The third-order valence-electron chi connectivity index (χ3n) is 7.01. The first-order valence-electron chi connectivity index (χ1n) is 12.9. The van der Waals surface area contributed by atoms with Crippen molar-refractivity contribution in [3.63, 3.8) is 0 Å². The minimum absolute atomic E-state index is 0.192. The number of nitriles is 1. The van der Waals surface area contributed by atoms with Crippen LogP contribution in [0.2, 0.25) is 0 Å². The average Bonchev–Trinajstić information content (AvgIpc) is 3.54. The van der Waals surface area contributed by atoms with Crippen molar-refractivity contribution in [1.82, 2.24) is 35.0 Å². The lowest BCUT2D eigenvalue weighted by atomic mass is 9.81. The summed E-state index contributed by atoms with van der Waals surface area (Å²) in [4.78, 5) is 27.9. The predicted molar refractivity (Wildman–Crippen MR) is 134 cm³/mol. The van der Waals surface area contributed by atoms with E-state index in [1.165, 1.54) is 0 Å². The number of nitrogens with one attached hydrogen (secondary N) is 2. The number of aromatic nitrogens is 5. The van der Waals surface area contributed by atoms with Gasteiger partial charge in [0.15, 0.2) is 5.65 Å². The summed E-state index contributed by atoms with van der Waals surface area (Å²) >= 11 is 0. The van der Waals surface area contributed by atoms with Gasteiger partial charge in [0, 0.05) is 44.6 Å². The second-order valence-corrected chi connectivity index (χ2v) is 9.71. The van der Waals surface area contributed by atoms with Crippen LogP contribution in [0.3, 0.4) is 0 Å². The fourth-order valence-corrected chi connectivity index (χ4v) is 4.84. The Hall–Kier alpha value is -3.88. The van der Waals surface area contributed by atoms with Gasteiger partial charge in [-0.05, 0) is 51.5 Å². The lowest BCUT2D eigenvalue weighted by molar-refractivity contribution is -0.122. The van der Waals surface area contributed by atoms with Crippen molar-refractivity contribution < 1.29 is 18.4 Å². The zero-order valence-corrected chi connectivity index (χ0v) is 21.6. The van der Waals surface area contributed by atoms with Crippen LogP contribution in [-0.2, 0) is 11.3 Å². The molecule has 1 atom stereocenters. The van der Waals surface area contributed by atoms with Gasteiger partial charge in [-0.1, -0.05) is 0 Å². The number of hydrogen-bond donors (Lipinski definition) is 2. The second kappa shape index (κ2) is 11.7. The molecule has 4 heterocycles. The molecule has 12 heteroatoms. The van der Waals surface area contributed by atoms with Crippen molar-refractivity contribution in [2.24, 2.45) is 5.92 Å². The number of imidazole rings is 1. The number of alkyl halides is 2. The Morgan fingerprint density at radius 1 is 1.34 bits per heavy atom. The molecular weight excluding hydrogens is 494 g/mol. The number of hydrogen-bond acceptors (Lipinski definition) is 6. The van der Waals surface area contributed by atoms with E-state index >= 15 is 0 Å². The van der Waals surface area contributed by atoms with Gasteiger partial charge in [0.25, 0.3) is 5.91 Å². The summed E-state index contributed by atoms with van der Waals surface area (Å²) in [6.45, 7) is 5.03. The number of amides is 2. The molecule has 1 aliphatic heterocycles. The molecule has 0 radical (unpaired) electrons. The number of nitrogens with zero attached hydrogens (tertiary/aromatic N) is 6. The summed E-state index contributed by atoms with van der Waals surface area (Å²) in [5, 5.41) is 23.5. The highest BCUT2D eigenvalue weighted by Crippen LogP contribution is 2.41. The van der Waals surface area contributed by atoms with E-state index in [-0.39, 0.29) is 43.4 Å². The maximum Gasteiger partial charge on any atom is 0.270 e. The van der Waals surface area contributed by atoms with E-state index in [0.29, 0.717) is 34.8 Å². The Kier molecular flexibility index (Phi) is 8.34. The zero-order chi connectivity index (χ0) is 27.3. The molecule has 0 bridgehead atoms. The molecule has 5 rings (SSSR count). The molecule has 2 amide bonds. The van der Waals surface area contributed by atoms with E-state index in [4.69, 9.17) is 0 Å². The Bertz CT molecular complexity index is 1320. The first kappa shape index (κ1) is 27.2. The van der Waals surface area contributed by atoms with Crippen molar-refractivity contribution in [1.29, 1.82) is 5.26 Å². The van der Waals surface area contributed by atoms with Gasteiger partial charge in [-0.3, -0.25) is 14.3 Å². The molecule has 10 nitrogen and oxygen atoms in total. The molecule has 38 heavy (non-hydrogen) atoms. The van der Waals surface area contributed by atoms with Crippen molar-refractivity contribution >= 4 is 17.5 Å². The molecular formula is C26H32F2N8O2. The van der Waals surface area contributed by atoms with Crippen LogP contribution in [0, 0.1) is 24.2 Å². The predicted octanol–water partition coefficient (Wildman–Crippen LogP) is 3.71. The summed E-state index contributed by atoms with van der Waals surface area (Å²) in [5.74, 6) is -2.99. The van der Waals surface area contributed by atoms with Gasteiger partial charge in [0.2, 0.25) is 11.8 Å². The third kappa shape index (κ3) is 6.33. The summed E-state index contributed by atoms with van der Waals surface area (Å²) in [5.41, 5.74) is 2.38. The highest BCUT2D eigenvalue weighted by atomic mass is 19.3. The standard InChI is InChI=1S/C21H23F2N7O.C5H9NO/c1-3-29-17(6-9-25-29)20(31)27-19(14-4-7-21(22,23)8-5-14)16-12-30-18(26-16)10-15(11-24)13(2)28-30;7-5-3-1-2-4-6-5/h6,9-10,12,14,19H,3-5,7-8H2,1-2H3,(H,27,31);1-4H2,(H,6,7). The minimum atomic E-state index is -2.68. The molecule has 0 aromatic carbocycles. The maximum atomic E-state index is 13.8. The highest BCUT2D eigenvalue weighted by molar-refractivity contribution is 5.92. The third-order valence-corrected chi connectivity index (χ3v) is 7.01. The van der Waals surface area contributed by atoms with Gasteiger partial charge in [-0.25, -0.2) is 18.3 Å². The van der Waals surface area contributed by atoms with E-state index in [1.807, 2.05) is 6.92 Å². The van der Waals surface area contributed by atoms with Crippen molar-refractivity contribution in [3.05, 3.63) is 47.2 Å². The molecule has 2 fully saturated rings. The first-order valence-corrected chi connectivity index (χ1v) is 12.9. The largest absolute Gasteiger partial charge is 0.356 e. The molecule has 202 valence electrons. The Morgan fingerprint density at radius 3 is 2.71 bits per heavy atom. The molecule has 1 saturated carbocycles. The van der Waals surface area contributed by atoms with Crippen LogP contribution < -0.4 is 10.6 Å². The van der Waals surface area contributed by atoms with Crippen LogP contribution in [0.5, 0.6) is 0 Å². The molecule has 3 aromatic rings. The van der Waals surface area contributed by atoms with E-state index in [2.05, 4.69) is 31.9 Å². The number of fused-ring (bicyclic) bond motifs is 1. The topological polar surface area (TPSA) is 130 Å². The molecule has 3 aromatic heterocycles. The van der Waals surface area contributed by atoms with Gasteiger partial charge in [-0.2, -0.15) is 15.5 Å². The summed E-state index contributed by atoms with van der Waals surface area (Å²) < 4.78 is 30.7. The SMILES string of the molecule is CCn1nccc1C(=O)NC(c1cn2nc(C)c(C#N)cc2n1)C1CCC(F)(F)CC1.O=C1CCCCN1. The van der Waals surface area contributed by atoms with Crippen molar-refractivity contribution in [2.45, 2.75) is 77.3 Å². The van der Waals surface area contributed by atoms with Crippen LogP contribution in [0.4, 0.5) is 8.78 Å². The smallest absolute Gasteiger partial charge is 0.270 e. The normalized spacial score (nSPS) is 18.1. The van der Waals surface area contributed by atoms with Crippen molar-refractivity contribution in [2.75, 3.05) is 6.54 Å². The fourth-order valence-electron chi connectivity index (χ4n) is 4.84. The lowest BCUT2D eigenvalue weighted by Gasteiger charge is -2.33. The molecule has 1 unspecified atom stereocenters. The van der Waals surface area contributed by atoms with Crippen LogP contribution in [0.15, 0.2) is 24.5 Å². The molecule has 1 aliphatic carbocycles. The van der Waals surface area contributed by atoms with E-state index in [1.54, 1.807) is 40.6 Å². The zero-order valence-electron chi connectivity index (χ0n) is 21.6. The van der Waals surface area contributed by atoms with E-state index < -0.39 is 12.0 Å². The number of piperidine rings is 1. The Labute approximate surface area is 219 Å². The van der Waals surface area contributed by atoms with E-state index in [9.17, 15) is 23.6 Å². The quantitative estimate of drug-likeness (QED) is 0.521. The van der Waals surface area contributed by atoms with Crippen LogP contribution in [0.25, 0.3) is 5.65 Å². The van der Waals surface area contributed by atoms with Crippen molar-refractivity contribution in [3.8, 4) is 6.07 Å². The number of halogens is 2.